The number of rotatable bonds is 8. The van der Waals surface area contributed by atoms with Gasteiger partial charge in [0.25, 0.3) is 10.0 Å². The van der Waals surface area contributed by atoms with E-state index < -0.39 is 20.1 Å². The molecule has 0 bridgehead atoms. The van der Waals surface area contributed by atoms with Crippen molar-refractivity contribution in [3.8, 4) is 11.5 Å². The number of methoxy groups -OCH3 is 1. The first-order chi connectivity index (χ1) is 15.1. The number of nitrogens with zero attached hydrogens (tertiary/aromatic N) is 1. The van der Waals surface area contributed by atoms with Crippen molar-refractivity contribution >= 4 is 26.4 Å². The van der Waals surface area contributed by atoms with Gasteiger partial charge in [0.2, 0.25) is 0 Å². The summed E-state index contributed by atoms with van der Waals surface area (Å²) in [6, 6.07) is 17.3. The predicted molar refractivity (Wildman–Crippen MR) is 121 cm³/mol. The Balaban J connectivity index is 1.80. The number of sulfonamides is 1. The first-order valence-electron chi connectivity index (χ1n) is 9.42. The molecule has 0 atom stereocenters. The third kappa shape index (κ3) is 5.45. The minimum atomic E-state index is -4.08. The second-order valence-corrected chi connectivity index (χ2v) is 10.1. The van der Waals surface area contributed by atoms with E-state index in [4.69, 9.17) is 8.92 Å². The summed E-state index contributed by atoms with van der Waals surface area (Å²) in [5.41, 5.74) is 1.81. The number of nitrogens with one attached hydrogen (secondary N) is 1. The van der Waals surface area contributed by atoms with Crippen molar-refractivity contribution in [1.29, 1.82) is 0 Å². The highest BCUT2D eigenvalue weighted by atomic mass is 32.2. The first-order valence-corrected chi connectivity index (χ1v) is 12.3. The molecule has 1 N–H and O–H groups in total. The molecule has 0 aliphatic heterocycles. The van der Waals surface area contributed by atoms with E-state index in [1.54, 1.807) is 38.1 Å². The van der Waals surface area contributed by atoms with Gasteiger partial charge >= 0.3 is 10.1 Å². The van der Waals surface area contributed by atoms with Crippen molar-refractivity contribution in [2.45, 2.75) is 23.6 Å². The molecule has 3 aromatic rings. The first kappa shape index (κ1) is 23.3. The van der Waals surface area contributed by atoms with Crippen LogP contribution in [0.15, 0.2) is 81.6 Å². The molecule has 10 heteroatoms. The number of benzene rings is 3. The van der Waals surface area contributed by atoms with Crippen molar-refractivity contribution in [3.05, 3.63) is 83.4 Å². The zero-order valence-electron chi connectivity index (χ0n) is 17.6. The average molecular weight is 475 g/mol. The fourth-order valence-electron chi connectivity index (χ4n) is 2.80. The van der Waals surface area contributed by atoms with Crippen LogP contribution >= 0.6 is 0 Å². The number of hydrogen-bond donors (Lipinski definition) is 1. The molecule has 0 radical (unpaired) electrons. The molecule has 32 heavy (non-hydrogen) atoms. The molecule has 0 heterocycles. The Labute approximate surface area is 187 Å². The summed E-state index contributed by atoms with van der Waals surface area (Å²) in [6.07, 6.45) is 1.27. The molecule has 3 rings (SSSR count). The summed E-state index contributed by atoms with van der Waals surface area (Å²) in [6.45, 7) is 3.47. The Morgan fingerprint density at radius 2 is 1.59 bits per heavy atom. The maximum atomic E-state index is 12.8. The number of aryl methyl sites for hydroxylation is 2. The van der Waals surface area contributed by atoms with E-state index in [-0.39, 0.29) is 21.3 Å². The lowest BCUT2D eigenvalue weighted by Crippen LogP contribution is -2.18. The summed E-state index contributed by atoms with van der Waals surface area (Å²) in [5, 5.41) is 3.76. The lowest BCUT2D eigenvalue weighted by Gasteiger charge is -2.13. The quantitative estimate of drug-likeness (QED) is 0.304. The third-order valence-corrected chi connectivity index (χ3v) is 7.06. The van der Waals surface area contributed by atoms with Crippen molar-refractivity contribution in [2.75, 3.05) is 7.11 Å². The summed E-state index contributed by atoms with van der Waals surface area (Å²) in [5.74, 6) is 0.143. The van der Waals surface area contributed by atoms with Crippen molar-refractivity contribution in [3.63, 3.8) is 0 Å². The van der Waals surface area contributed by atoms with Gasteiger partial charge in [0.05, 0.1) is 18.2 Å². The van der Waals surface area contributed by atoms with Crippen LogP contribution in [0.4, 0.5) is 0 Å². The maximum absolute atomic E-state index is 12.8. The largest absolute Gasteiger partial charge is 0.493 e. The topological polar surface area (TPSA) is 111 Å². The van der Waals surface area contributed by atoms with Crippen LogP contribution < -0.4 is 13.8 Å². The molecule has 0 aliphatic carbocycles. The Kier molecular flexibility index (Phi) is 6.85. The third-order valence-electron chi connectivity index (χ3n) is 4.44. The Morgan fingerprint density at radius 3 is 2.28 bits per heavy atom. The van der Waals surface area contributed by atoms with Gasteiger partial charge in [-0.2, -0.15) is 21.9 Å². The standard InChI is InChI=1S/C22H22N2O6S2/c1-16-9-10-17(2)22(13-16)32(27,28)30-20-12-11-18(14-21(20)29-3)15-23-24-31(25,26)19-7-5-4-6-8-19/h4-15,24H,1-3H3. The van der Waals surface area contributed by atoms with Crippen LogP contribution in [0.3, 0.4) is 0 Å². The molecule has 0 aromatic heterocycles. The number of hydrogen-bond acceptors (Lipinski definition) is 7. The van der Waals surface area contributed by atoms with Gasteiger partial charge < -0.3 is 8.92 Å². The molecule has 3 aromatic carbocycles. The SMILES string of the molecule is COc1cc(C=NNS(=O)(=O)c2ccccc2)ccc1OS(=O)(=O)c1cc(C)ccc1C. The highest BCUT2D eigenvalue weighted by molar-refractivity contribution is 7.89. The van der Waals surface area contributed by atoms with Crippen LogP contribution in [0.1, 0.15) is 16.7 Å². The lowest BCUT2D eigenvalue weighted by molar-refractivity contribution is 0.390. The molecule has 0 spiro atoms. The molecule has 0 aliphatic rings. The zero-order chi connectivity index (χ0) is 23.4. The van der Waals surface area contributed by atoms with Crippen LogP contribution in [0, 0.1) is 13.8 Å². The second kappa shape index (κ2) is 9.41. The molecule has 0 saturated carbocycles. The van der Waals surface area contributed by atoms with Crippen LogP contribution in [-0.2, 0) is 20.1 Å². The summed E-state index contributed by atoms with van der Waals surface area (Å²) >= 11 is 0. The minimum Gasteiger partial charge on any atom is -0.493 e. The lowest BCUT2D eigenvalue weighted by atomic mass is 10.2. The van der Waals surface area contributed by atoms with E-state index in [1.165, 1.54) is 49.7 Å². The molecule has 0 amide bonds. The van der Waals surface area contributed by atoms with Gasteiger partial charge in [0.1, 0.15) is 4.90 Å². The van der Waals surface area contributed by atoms with Crippen molar-refractivity contribution < 1.29 is 25.8 Å². The fraction of sp³-hybridized carbons (Fsp3) is 0.136. The molecular weight excluding hydrogens is 452 g/mol. The maximum Gasteiger partial charge on any atom is 0.339 e. The van der Waals surface area contributed by atoms with Crippen molar-refractivity contribution in [2.24, 2.45) is 5.10 Å². The van der Waals surface area contributed by atoms with E-state index >= 15 is 0 Å². The van der Waals surface area contributed by atoms with E-state index in [9.17, 15) is 16.8 Å². The average Bonchev–Trinajstić information content (AvgIpc) is 2.76. The number of hydrazone groups is 1. The van der Waals surface area contributed by atoms with Gasteiger partial charge in [-0.05, 0) is 66.9 Å². The van der Waals surface area contributed by atoms with Crippen LogP contribution in [0.2, 0.25) is 0 Å². The Bertz CT molecular complexity index is 1350. The Hall–Kier alpha value is -3.37. The van der Waals surface area contributed by atoms with Gasteiger partial charge in [0, 0.05) is 0 Å². The minimum absolute atomic E-state index is 0.00424. The van der Waals surface area contributed by atoms with E-state index in [0.29, 0.717) is 11.1 Å². The highest BCUT2D eigenvalue weighted by Gasteiger charge is 2.21. The van der Waals surface area contributed by atoms with E-state index in [1.807, 2.05) is 6.07 Å². The molecule has 0 unspecified atom stereocenters. The zero-order valence-corrected chi connectivity index (χ0v) is 19.3. The van der Waals surface area contributed by atoms with Gasteiger partial charge in [-0.1, -0.05) is 30.3 Å². The normalized spacial score (nSPS) is 12.0. The summed E-state index contributed by atoms with van der Waals surface area (Å²) in [7, 11) is -6.52. The van der Waals surface area contributed by atoms with E-state index in [0.717, 1.165) is 5.56 Å². The number of ether oxygens (including phenoxy) is 1. The van der Waals surface area contributed by atoms with Crippen LogP contribution in [0.25, 0.3) is 0 Å². The van der Waals surface area contributed by atoms with Gasteiger partial charge in [0.15, 0.2) is 11.5 Å². The molecule has 168 valence electrons. The van der Waals surface area contributed by atoms with Crippen molar-refractivity contribution in [1.82, 2.24) is 4.83 Å². The predicted octanol–water partition coefficient (Wildman–Crippen LogP) is 3.39. The smallest absolute Gasteiger partial charge is 0.339 e. The van der Waals surface area contributed by atoms with E-state index in [2.05, 4.69) is 9.93 Å². The second-order valence-electron chi connectivity index (χ2n) is 6.88. The van der Waals surface area contributed by atoms with Crippen LogP contribution in [0.5, 0.6) is 11.5 Å². The van der Waals surface area contributed by atoms with Crippen LogP contribution in [-0.4, -0.2) is 30.2 Å². The molecular formula is C22H22N2O6S2. The van der Waals surface area contributed by atoms with Gasteiger partial charge in [-0.15, -0.1) is 0 Å². The highest BCUT2D eigenvalue weighted by Crippen LogP contribution is 2.31. The summed E-state index contributed by atoms with van der Waals surface area (Å²) < 4.78 is 60.5. The molecule has 8 nitrogen and oxygen atoms in total. The monoisotopic (exact) mass is 474 g/mol. The fourth-order valence-corrected chi connectivity index (χ4v) is 4.86. The van der Waals surface area contributed by atoms with Gasteiger partial charge in [-0.25, -0.2) is 4.83 Å². The summed E-state index contributed by atoms with van der Waals surface area (Å²) in [4.78, 5) is 2.27. The van der Waals surface area contributed by atoms with Gasteiger partial charge in [-0.3, -0.25) is 0 Å². The molecule has 0 fully saturated rings. The Morgan fingerprint density at radius 1 is 0.875 bits per heavy atom. The molecule has 0 saturated heterocycles.